The molecule has 10 aromatic carbocycles. The van der Waals surface area contributed by atoms with Crippen LogP contribution in [-0.2, 0) is 0 Å². The van der Waals surface area contributed by atoms with Crippen LogP contribution >= 0.6 is 0 Å². The molecule has 0 bridgehead atoms. The predicted molar refractivity (Wildman–Crippen MR) is 225 cm³/mol. The van der Waals surface area contributed by atoms with E-state index in [1.807, 2.05) is 12.1 Å². The molecule has 0 fully saturated rings. The van der Waals surface area contributed by atoms with Crippen LogP contribution in [0, 0.1) is 0 Å². The molecule has 246 valence electrons. The molecule has 0 unspecified atom stereocenters. The number of aromatic nitrogens is 2. The highest BCUT2D eigenvalue weighted by atomic mass is 15.1. The van der Waals surface area contributed by atoms with E-state index in [0.29, 0.717) is 0 Å². The maximum atomic E-state index is 5.02. The van der Waals surface area contributed by atoms with Gasteiger partial charge >= 0.3 is 0 Å². The zero-order valence-electron chi connectivity index (χ0n) is 28.9. The monoisotopic (exact) mass is 672 g/mol. The molecule has 0 saturated carbocycles. The number of hydrogen-bond donors (Lipinski definition) is 0. The smallest absolute Gasteiger partial charge is 0.145 e. The normalized spacial score (nSPS) is 11.8. The van der Waals surface area contributed by atoms with E-state index in [1.54, 1.807) is 0 Å². The second-order valence-electron chi connectivity index (χ2n) is 13.9. The molecule has 0 aliphatic heterocycles. The molecule has 2 nitrogen and oxygen atoms in total. The second kappa shape index (κ2) is 11.8. The summed E-state index contributed by atoms with van der Waals surface area (Å²) in [6, 6.07) is 70.5. The molecule has 0 aliphatic rings. The zero-order valence-corrected chi connectivity index (χ0v) is 28.9. The van der Waals surface area contributed by atoms with Gasteiger partial charge in [-0.1, -0.05) is 158 Å². The summed E-state index contributed by atoms with van der Waals surface area (Å²) >= 11 is 0. The van der Waals surface area contributed by atoms with Crippen LogP contribution in [0.4, 0.5) is 0 Å². The fourth-order valence-corrected chi connectivity index (χ4v) is 8.48. The van der Waals surface area contributed by atoms with E-state index in [0.717, 1.165) is 28.1 Å². The molecule has 0 amide bonds. The van der Waals surface area contributed by atoms with Gasteiger partial charge in [0, 0.05) is 11.3 Å². The van der Waals surface area contributed by atoms with Crippen molar-refractivity contribution in [2.45, 2.75) is 0 Å². The van der Waals surface area contributed by atoms with Gasteiger partial charge in [0.2, 0.25) is 0 Å². The van der Waals surface area contributed by atoms with Crippen molar-refractivity contribution in [3.05, 3.63) is 194 Å². The van der Waals surface area contributed by atoms with Gasteiger partial charge < -0.3 is 0 Å². The molecule has 0 saturated heterocycles. The van der Waals surface area contributed by atoms with Crippen molar-refractivity contribution in [1.29, 1.82) is 0 Å². The quantitative estimate of drug-likeness (QED) is 0.170. The summed E-state index contributed by atoms with van der Waals surface area (Å²) in [5, 5.41) is 12.8. The SMILES string of the molecule is c1ccc(-c2nc3ccccc3n2-c2ccc(-c3ccc(-c4cc5ccc6cccc7c8ccccc8c8ccccc8c(c4)c5c67)cc3)cc2)cc1. The van der Waals surface area contributed by atoms with Gasteiger partial charge in [-0.05, 0) is 113 Å². The first kappa shape index (κ1) is 29.7. The predicted octanol–water partition coefficient (Wildman–Crippen LogP) is 13.8. The highest BCUT2D eigenvalue weighted by molar-refractivity contribution is 6.33. The van der Waals surface area contributed by atoms with Gasteiger partial charge in [-0.2, -0.15) is 0 Å². The van der Waals surface area contributed by atoms with Gasteiger partial charge in [-0.25, -0.2) is 4.98 Å². The van der Waals surface area contributed by atoms with Crippen molar-refractivity contribution in [2.75, 3.05) is 0 Å². The van der Waals surface area contributed by atoms with Gasteiger partial charge in [0.1, 0.15) is 5.82 Å². The van der Waals surface area contributed by atoms with Crippen LogP contribution in [0.1, 0.15) is 0 Å². The van der Waals surface area contributed by atoms with Crippen LogP contribution in [0.3, 0.4) is 0 Å². The first-order valence-corrected chi connectivity index (χ1v) is 18.2. The average molecular weight is 673 g/mol. The summed E-state index contributed by atoms with van der Waals surface area (Å²) < 4.78 is 2.26. The lowest BCUT2D eigenvalue weighted by molar-refractivity contribution is 1.10. The molecule has 0 spiro atoms. The summed E-state index contributed by atoms with van der Waals surface area (Å²) in [4.78, 5) is 5.02. The fourth-order valence-electron chi connectivity index (χ4n) is 8.48. The van der Waals surface area contributed by atoms with Crippen molar-refractivity contribution in [1.82, 2.24) is 9.55 Å². The average Bonchev–Trinajstić information content (AvgIpc) is 3.63. The van der Waals surface area contributed by atoms with Crippen molar-refractivity contribution >= 4 is 64.9 Å². The lowest BCUT2D eigenvalue weighted by atomic mass is 9.88. The number of benzene rings is 9. The van der Waals surface area contributed by atoms with Crippen molar-refractivity contribution < 1.29 is 0 Å². The van der Waals surface area contributed by atoms with Crippen LogP contribution in [0.25, 0.3) is 104 Å². The Morgan fingerprint density at radius 2 is 0.849 bits per heavy atom. The van der Waals surface area contributed by atoms with Gasteiger partial charge in [-0.3, -0.25) is 4.57 Å². The number of fused-ring (bicyclic) bond motifs is 6. The Kier molecular flexibility index (Phi) is 6.59. The van der Waals surface area contributed by atoms with E-state index in [-0.39, 0.29) is 0 Å². The van der Waals surface area contributed by atoms with Gasteiger partial charge in [0.05, 0.1) is 11.0 Å². The third-order valence-corrected chi connectivity index (χ3v) is 11.0. The molecule has 0 N–H and O–H groups in total. The number of imidazole rings is 1. The molecule has 1 heterocycles. The highest BCUT2D eigenvalue weighted by Crippen LogP contribution is 2.42. The number of hydrogen-bond acceptors (Lipinski definition) is 1. The van der Waals surface area contributed by atoms with Gasteiger partial charge in [-0.15, -0.1) is 0 Å². The van der Waals surface area contributed by atoms with Crippen molar-refractivity contribution in [3.8, 4) is 39.3 Å². The van der Waals surface area contributed by atoms with E-state index in [2.05, 4.69) is 187 Å². The van der Waals surface area contributed by atoms with Gasteiger partial charge in [0.25, 0.3) is 0 Å². The molecule has 2 heteroatoms. The summed E-state index contributed by atoms with van der Waals surface area (Å²) in [6.07, 6.45) is 0. The maximum absolute atomic E-state index is 5.02. The lowest BCUT2D eigenvalue weighted by Gasteiger charge is -2.15. The summed E-state index contributed by atoms with van der Waals surface area (Å²) in [5.74, 6) is 0.945. The maximum Gasteiger partial charge on any atom is 0.145 e. The Hall–Kier alpha value is -7.03. The largest absolute Gasteiger partial charge is 0.292 e. The second-order valence-corrected chi connectivity index (χ2v) is 13.9. The third-order valence-electron chi connectivity index (χ3n) is 11.0. The van der Waals surface area contributed by atoms with Crippen LogP contribution < -0.4 is 0 Å². The summed E-state index contributed by atoms with van der Waals surface area (Å²) in [7, 11) is 0. The Morgan fingerprint density at radius 3 is 1.57 bits per heavy atom. The summed E-state index contributed by atoms with van der Waals surface area (Å²) in [6.45, 7) is 0. The number of rotatable bonds is 4. The van der Waals surface area contributed by atoms with Crippen LogP contribution in [0.15, 0.2) is 194 Å². The first-order valence-electron chi connectivity index (χ1n) is 18.2. The van der Waals surface area contributed by atoms with Crippen LogP contribution in [0.5, 0.6) is 0 Å². The molecule has 0 aliphatic carbocycles. The topological polar surface area (TPSA) is 17.8 Å². The van der Waals surface area contributed by atoms with Crippen molar-refractivity contribution in [3.63, 3.8) is 0 Å². The van der Waals surface area contributed by atoms with E-state index < -0.39 is 0 Å². The minimum Gasteiger partial charge on any atom is -0.292 e. The van der Waals surface area contributed by atoms with E-state index in [4.69, 9.17) is 4.98 Å². The minimum absolute atomic E-state index is 0.945. The zero-order chi connectivity index (χ0) is 34.9. The molecule has 11 aromatic rings. The molecule has 0 atom stereocenters. The molecule has 0 radical (unpaired) electrons. The summed E-state index contributed by atoms with van der Waals surface area (Å²) in [5.41, 5.74) is 9.06. The Morgan fingerprint density at radius 1 is 0.321 bits per heavy atom. The highest BCUT2D eigenvalue weighted by Gasteiger charge is 2.16. The fraction of sp³-hybridized carbons (Fsp3) is 0. The molecule has 11 rings (SSSR count). The van der Waals surface area contributed by atoms with E-state index in [9.17, 15) is 0 Å². The molecular weight excluding hydrogens is 641 g/mol. The Bertz CT molecular complexity index is 3190. The van der Waals surface area contributed by atoms with E-state index in [1.165, 1.54) is 76.1 Å². The third kappa shape index (κ3) is 4.70. The standard InChI is InChI=1S/C51H32N2/c1-2-11-37(12-3-1)51-52-47-19-8-9-20-48(47)53(51)40-29-27-34(28-30-40)33-21-23-35(24-22-33)39-31-38-26-25-36-13-10-18-45-43-16-6-4-14-41(43)42-15-5-7-17-44(42)46(32-39)50(38)49(36)45/h1-32H. The minimum atomic E-state index is 0.945. The van der Waals surface area contributed by atoms with Crippen LogP contribution in [-0.4, -0.2) is 9.55 Å². The van der Waals surface area contributed by atoms with Gasteiger partial charge in [0.15, 0.2) is 0 Å². The Balaban J connectivity index is 1.03. The Labute approximate surface area is 306 Å². The molecular formula is C51H32N2. The van der Waals surface area contributed by atoms with E-state index >= 15 is 0 Å². The first-order chi connectivity index (χ1) is 26.3. The van der Waals surface area contributed by atoms with Crippen LogP contribution in [0.2, 0.25) is 0 Å². The molecule has 53 heavy (non-hydrogen) atoms. The number of nitrogens with zero attached hydrogens (tertiary/aromatic N) is 2. The number of para-hydroxylation sites is 2. The van der Waals surface area contributed by atoms with Crippen molar-refractivity contribution in [2.24, 2.45) is 0 Å². The lowest BCUT2D eigenvalue weighted by Crippen LogP contribution is -1.97. The molecule has 1 aromatic heterocycles.